The standard InChI is InChI=1S/C18H24N2O3S/c1-14(21)13-20(15-7-3-2-4-8-15)24(22,23)18-11-5-10-17-16(18)9-6-12-19-17/h5-6,9-12,14-15,21H,2-4,7-8,13H2,1H3. The van der Waals surface area contributed by atoms with Crippen LogP contribution in [0.15, 0.2) is 41.4 Å². The van der Waals surface area contributed by atoms with Crippen LogP contribution in [0.1, 0.15) is 39.0 Å². The van der Waals surface area contributed by atoms with E-state index in [1.165, 1.54) is 4.31 Å². The van der Waals surface area contributed by atoms with Crippen LogP contribution in [0.2, 0.25) is 0 Å². The number of aromatic nitrogens is 1. The average Bonchev–Trinajstić information content (AvgIpc) is 2.59. The summed E-state index contributed by atoms with van der Waals surface area (Å²) in [6.45, 7) is 1.76. The zero-order chi connectivity index (χ0) is 17.2. The number of benzene rings is 1. The van der Waals surface area contributed by atoms with E-state index in [1.54, 1.807) is 37.4 Å². The van der Waals surface area contributed by atoms with Crippen LogP contribution in [-0.2, 0) is 10.0 Å². The fourth-order valence-corrected chi connectivity index (χ4v) is 5.47. The van der Waals surface area contributed by atoms with E-state index >= 15 is 0 Å². The van der Waals surface area contributed by atoms with Crippen molar-refractivity contribution in [2.75, 3.05) is 6.54 Å². The van der Waals surface area contributed by atoms with E-state index in [-0.39, 0.29) is 17.5 Å². The Morgan fingerprint density at radius 3 is 2.67 bits per heavy atom. The summed E-state index contributed by atoms with van der Waals surface area (Å²) in [7, 11) is -3.69. The molecular weight excluding hydrogens is 324 g/mol. The highest BCUT2D eigenvalue weighted by atomic mass is 32.2. The van der Waals surface area contributed by atoms with Gasteiger partial charge < -0.3 is 5.11 Å². The van der Waals surface area contributed by atoms with Gasteiger partial charge in [-0.05, 0) is 44.0 Å². The molecule has 1 fully saturated rings. The number of rotatable bonds is 5. The molecule has 2 aromatic rings. The molecule has 1 saturated carbocycles. The summed E-state index contributed by atoms with van der Waals surface area (Å²) in [5, 5.41) is 10.5. The molecule has 24 heavy (non-hydrogen) atoms. The molecule has 6 heteroatoms. The summed E-state index contributed by atoms with van der Waals surface area (Å²) in [6.07, 6.45) is 5.89. The minimum atomic E-state index is -3.69. The fraction of sp³-hybridized carbons (Fsp3) is 0.500. The van der Waals surface area contributed by atoms with Crippen LogP contribution < -0.4 is 0 Å². The molecule has 1 heterocycles. The lowest BCUT2D eigenvalue weighted by Crippen LogP contribution is -2.44. The first-order valence-electron chi connectivity index (χ1n) is 8.54. The number of hydrogen-bond acceptors (Lipinski definition) is 4. The molecule has 130 valence electrons. The predicted molar refractivity (Wildman–Crippen MR) is 94.2 cm³/mol. The smallest absolute Gasteiger partial charge is 0.244 e. The highest BCUT2D eigenvalue weighted by Gasteiger charge is 2.34. The summed E-state index contributed by atoms with van der Waals surface area (Å²) in [5.41, 5.74) is 0.666. The van der Waals surface area contributed by atoms with Gasteiger partial charge in [-0.2, -0.15) is 4.31 Å². The number of aliphatic hydroxyl groups is 1. The van der Waals surface area contributed by atoms with Crippen LogP contribution in [-0.4, -0.2) is 41.5 Å². The molecule has 0 radical (unpaired) electrons. The lowest BCUT2D eigenvalue weighted by Gasteiger charge is -2.34. The highest BCUT2D eigenvalue weighted by molar-refractivity contribution is 7.89. The Labute approximate surface area is 143 Å². The summed E-state index contributed by atoms with van der Waals surface area (Å²) < 4.78 is 28.2. The number of hydrogen-bond donors (Lipinski definition) is 1. The van der Waals surface area contributed by atoms with Crippen molar-refractivity contribution in [3.63, 3.8) is 0 Å². The van der Waals surface area contributed by atoms with Gasteiger partial charge in [-0.15, -0.1) is 0 Å². The van der Waals surface area contributed by atoms with Crippen molar-refractivity contribution in [1.82, 2.24) is 9.29 Å². The van der Waals surface area contributed by atoms with Crippen LogP contribution in [0.25, 0.3) is 10.9 Å². The topological polar surface area (TPSA) is 70.5 Å². The molecule has 1 aromatic heterocycles. The molecule has 1 aliphatic carbocycles. The van der Waals surface area contributed by atoms with Crippen molar-refractivity contribution in [2.45, 2.75) is 56.1 Å². The number of fused-ring (bicyclic) bond motifs is 1. The lowest BCUT2D eigenvalue weighted by atomic mass is 9.95. The van der Waals surface area contributed by atoms with E-state index < -0.39 is 16.1 Å². The van der Waals surface area contributed by atoms with Crippen LogP contribution in [0.5, 0.6) is 0 Å². The Morgan fingerprint density at radius 2 is 1.96 bits per heavy atom. The molecule has 0 spiro atoms. The van der Waals surface area contributed by atoms with Crippen molar-refractivity contribution in [1.29, 1.82) is 0 Å². The summed E-state index contributed by atoms with van der Waals surface area (Å²) in [6, 6.07) is 8.68. The second-order valence-corrected chi connectivity index (χ2v) is 8.40. The Bertz CT molecular complexity index is 794. The Kier molecular flexibility index (Phi) is 5.18. The van der Waals surface area contributed by atoms with E-state index in [0.29, 0.717) is 10.9 Å². The van der Waals surface area contributed by atoms with Gasteiger partial charge >= 0.3 is 0 Å². The molecule has 0 bridgehead atoms. The first-order chi connectivity index (χ1) is 11.5. The van der Waals surface area contributed by atoms with Gasteiger partial charge in [-0.3, -0.25) is 4.98 Å². The third kappa shape index (κ3) is 3.45. The van der Waals surface area contributed by atoms with Crippen molar-refractivity contribution in [3.05, 3.63) is 36.5 Å². The highest BCUT2D eigenvalue weighted by Crippen LogP contribution is 2.30. The largest absolute Gasteiger partial charge is 0.392 e. The van der Waals surface area contributed by atoms with Crippen LogP contribution >= 0.6 is 0 Å². The summed E-state index contributed by atoms with van der Waals surface area (Å²) in [4.78, 5) is 4.53. The van der Waals surface area contributed by atoms with E-state index in [2.05, 4.69) is 4.98 Å². The second kappa shape index (κ2) is 7.17. The minimum absolute atomic E-state index is 0.0368. The molecular formula is C18H24N2O3S. The van der Waals surface area contributed by atoms with Gasteiger partial charge in [0.2, 0.25) is 10.0 Å². The number of pyridine rings is 1. The van der Waals surface area contributed by atoms with Crippen molar-refractivity contribution >= 4 is 20.9 Å². The van der Waals surface area contributed by atoms with Gasteiger partial charge in [0.25, 0.3) is 0 Å². The van der Waals surface area contributed by atoms with Gasteiger partial charge in [-0.25, -0.2) is 8.42 Å². The number of sulfonamides is 1. The zero-order valence-electron chi connectivity index (χ0n) is 13.9. The van der Waals surface area contributed by atoms with Gasteiger partial charge in [0.15, 0.2) is 0 Å². The van der Waals surface area contributed by atoms with Crippen LogP contribution in [0.4, 0.5) is 0 Å². The Morgan fingerprint density at radius 1 is 1.21 bits per heavy atom. The van der Waals surface area contributed by atoms with Gasteiger partial charge in [0.05, 0.1) is 16.5 Å². The lowest BCUT2D eigenvalue weighted by molar-refractivity contribution is 0.136. The van der Waals surface area contributed by atoms with Gasteiger partial charge in [0.1, 0.15) is 0 Å². The van der Waals surface area contributed by atoms with E-state index in [9.17, 15) is 13.5 Å². The SMILES string of the molecule is CC(O)CN(C1CCCCC1)S(=O)(=O)c1cccc2ncccc12. The molecule has 1 atom stereocenters. The quantitative estimate of drug-likeness (QED) is 0.902. The van der Waals surface area contributed by atoms with E-state index in [4.69, 9.17) is 0 Å². The maximum absolute atomic E-state index is 13.4. The van der Waals surface area contributed by atoms with Crippen molar-refractivity contribution < 1.29 is 13.5 Å². The molecule has 1 unspecified atom stereocenters. The molecule has 1 N–H and O–H groups in total. The molecule has 5 nitrogen and oxygen atoms in total. The molecule has 0 amide bonds. The normalized spacial score (nSPS) is 18.1. The first kappa shape index (κ1) is 17.3. The third-order valence-corrected chi connectivity index (χ3v) is 6.59. The van der Waals surface area contributed by atoms with E-state index in [1.807, 2.05) is 6.07 Å². The molecule has 0 aliphatic heterocycles. The number of nitrogens with zero attached hydrogens (tertiary/aromatic N) is 2. The maximum Gasteiger partial charge on any atom is 0.244 e. The zero-order valence-corrected chi connectivity index (χ0v) is 14.7. The Hall–Kier alpha value is -1.50. The minimum Gasteiger partial charge on any atom is -0.392 e. The van der Waals surface area contributed by atoms with E-state index in [0.717, 1.165) is 32.1 Å². The molecule has 1 aliphatic rings. The summed E-state index contributed by atoms with van der Waals surface area (Å²) >= 11 is 0. The summed E-state index contributed by atoms with van der Waals surface area (Å²) in [5.74, 6) is 0. The fourth-order valence-electron chi connectivity index (χ4n) is 3.50. The first-order valence-corrected chi connectivity index (χ1v) is 9.98. The predicted octanol–water partition coefficient (Wildman–Crippen LogP) is 2.94. The second-order valence-electron chi connectivity index (χ2n) is 6.54. The van der Waals surface area contributed by atoms with Gasteiger partial charge in [0, 0.05) is 24.2 Å². The average molecular weight is 348 g/mol. The Balaban J connectivity index is 2.07. The van der Waals surface area contributed by atoms with Gasteiger partial charge in [-0.1, -0.05) is 25.3 Å². The third-order valence-electron chi connectivity index (χ3n) is 4.62. The molecule has 1 aromatic carbocycles. The molecule has 0 saturated heterocycles. The maximum atomic E-state index is 13.4. The number of aliphatic hydroxyl groups excluding tert-OH is 1. The van der Waals surface area contributed by atoms with Crippen LogP contribution in [0, 0.1) is 0 Å². The molecule has 3 rings (SSSR count). The van der Waals surface area contributed by atoms with Crippen molar-refractivity contribution in [3.8, 4) is 0 Å². The van der Waals surface area contributed by atoms with Crippen LogP contribution in [0.3, 0.4) is 0 Å². The van der Waals surface area contributed by atoms with Crippen molar-refractivity contribution in [2.24, 2.45) is 0 Å². The monoisotopic (exact) mass is 348 g/mol.